The highest BCUT2D eigenvalue weighted by atomic mass is 16.2. The first-order valence-corrected chi connectivity index (χ1v) is 12.7. The predicted octanol–water partition coefficient (Wildman–Crippen LogP) is 7.34. The van der Waals surface area contributed by atoms with Crippen LogP contribution in [0.15, 0.2) is 42.5 Å². The van der Waals surface area contributed by atoms with Gasteiger partial charge in [-0.25, -0.2) is 0 Å². The fourth-order valence-electron chi connectivity index (χ4n) is 3.78. The molecule has 0 saturated heterocycles. The highest BCUT2D eigenvalue weighted by Gasteiger charge is 2.11. The van der Waals surface area contributed by atoms with Crippen LogP contribution >= 0.6 is 0 Å². The van der Waals surface area contributed by atoms with E-state index >= 15 is 0 Å². The maximum absolute atomic E-state index is 12.1. The number of hydrogen-bond donors (Lipinski definition) is 1. The summed E-state index contributed by atoms with van der Waals surface area (Å²) in [5, 5.41) is 2.87. The van der Waals surface area contributed by atoms with E-state index in [1.54, 1.807) is 0 Å². The number of allylic oxidation sites excluding steroid dienone is 2. The Morgan fingerprint density at radius 3 is 2.03 bits per heavy atom. The van der Waals surface area contributed by atoms with Gasteiger partial charge in [0, 0.05) is 6.42 Å². The molecule has 1 aromatic rings. The second-order valence-corrected chi connectivity index (χ2v) is 8.67. The second kappa shape index (κ2) is 20.0. The number of rotatable bonds is 20. The summed E-state index contributed by atoms with van der Waals surface area (Å²) < 4.78 is 0. The van der Waals surface area contributed by atoms with Crippen molar-refractivity contribution in [2.24, 2.45) is 0 Å². The minimum Gasteiger partial charge on any atom is -0.347 e. The average molecular weight is 428 g/mol. The lowest BCUT2D eigenvalue weighted by molar-refractivity contribution is -0.124. The van der Waals surface area contributed by atoms with Crippen molar-refractivity contribution in [3.8, 4) is 0 Å². The van der Waals surface area contributed by atoms with E-state index in [-0.39, 0.29) is 11.9 Å². The summed E-state index contributed by atoms with van der Waals surface area (Å²) >= 11 is 0. The number of carbonyl (C=O) groups excluding carboxylic acids is 2. The number of benzene rings is 1. The Kier molecular flexibility index (Phi) is 17.5. The van der Waals surface area contributed by atoms with E-state index in [9.17, 15) is 9.59 Å². The maximum Gasteiger partial charge on any atom is 0.220 e. The fourth-order valence-corrected chi connectivity index (χ4v) is 3.78. The SMILES string of the molecule is CCCCCCCC/C=C\CCCCCCCC(=O)NC(C=O)CCc1ccccc1. The summed E-state index contributed by atoms with van der Waals surface area (Å²) in [7, 11) is 0. The highest BCUT2D eigenvalue weighted by molar-refractivity contribution is 5.79. The van der Waals surface area contributed by atoms with Gasteiger partial charge in [-0.2, -0.15) is 0 Å². The van der Waals surface area contributed by atoms with Crippen LogP contribution in [0, 0.1) is 0 Å². The molecule has 31 heavy (non-hydrogen) atoms. The lowest BCUT2D eigenvalue weighted by atomic mass is 10.1. The van der Waals surface area contributed by atoms with E-state index in [0.29, 0.717) is 12.8 Å². The fraction of sp³-hybridized carbons (Fsp3) is 0.643. The molecule has 0 aromatic heterocycles. The topological polar surface area (TPSA) is 46.2 Å². The lowest BCUT2D eigenvalue weighted by Gasteiger charge is -2.12. The van der Waals surface area contributed by atoms with Gasteiger partial charge in [-0.1, -0.05) is 101 Å². The molecule has 0 saturated carbocycles. The van der Waals surface area contributed by atoms with Crippen molar-refractivity contribution >= 4 is 12.2 Å². The standard InChI is InChI=1S/C28H45NO2/c1-2-3-4-5-6-7-8-9-10-11-12-13-14-15-19-22-28(31)29-27(25-30)24-23-26-20-17-16-18-21-26/h9-10,16-18,20-21,25,27H,2-8,11-15,19,22-24H2,1H3,(H,29,31)/b10-9-. The third kappa shape index (κ3) is 16.5. The van der Waals surface area contributed by atoms with Crippen LogP contribution < -0.4 is 5.32 Å². The first-order valence-electron chi connectivity index (χ1n) is 12.7. The van der Waals surface area contributed by atoms with Gasteiger partial charge < -0.3 is 10.1 Å². The predicted molar refractivity (Wildman–Crippen MR) is 132 cm³/mol. The van der Waals surface area contributed by atoms with Crippen molar-refractivity contribution in [3.05, 3.63) is 48.0 Å². The summed E-state index contributed by atoms with van der Waals surface area (Å²) in [6.07, 6.45) is 23.8. The van der Waals surface area contributed by atoms with Crippen LogP contribution in [0.25, 0.3) is 0 Å². The second-order valence-electron chi connectivity index (χ2n) is 8.67. The molecule has 1 unspecified atom stereocenters. The van der Waals surface area contributed by atoms with Gasteiger partial charge in [0.2, 0.25) is 5.91 Å². The van der Waals surface area contributed by atoms with Crippen LogP contribution in [0.4, 0.5) is 0 Å². The van der Waals surface area contributed by atoms with Crippen LogP contribution in [0.5, 0.6) is 0 Å². The van der Waals surface area contributed by atoms with Crippen molar-refractivity contribution in [2.45, 2.75) is 116 Å². The zero-order chi connectivity index (χ0) is 22.4. The Bertz CT molecular complexity index is 582. The minimum absolute atomic E-state index is 0.00258. The molecule has 0 aliphatic carbocycles. The minimum atomic E-state index is -0.379. The zero-order valence-corrected chi connectivity index (χ0v) is 19.8. The molecule has 0 bridgehead atoms. The van der Waals surface area contributed by atoms with E-state index < -0.39 is 0 Å². The Morgan fingerprint density at radius 1 is 0.839 bits per heavy atom. The molecule has 1 amide bonds. The summed E-state index contributed by atoms with van der Waals surface area (Å²) in [5.74, 6) is 0.00258. The summed E-state index contributed by atoms with van der Waals surface area (Å²) in [4.78, 5) is 23.3. The largest absolute Gasteiger partial charge is 0.347 e. The van der Waals surface area contributed by atoms with Gasteiger partial charge in [-0.15, -0.1) is 0 Å². The number of aryl methyl sites for hydroxylation is 1. The summed E-state index contributed by atoms with van der Waals surface area (Å²) in [6, 6.07) is 9.70. The van der Waals surface area contributed by atoms with E-state index in [1.165, 1.54) is 76.2 Å². The molecule has 0 radical (unpaired) electrons. The van der Waals surface area contributed by atoms with Crippen LogP contribution in [-0.4, -0.2) is 18.2 Å². The van der Waals surface area contributed by atoms with Crippen LogP contribution in [0.2, 0.25) is 0 Å². The van der Waals surface area contributed by atoms with Crippen LogP contribution in [0.3, 0.4) is 0 Å². The molecule has 0 aliphatic heterocycles. The van der Waals surface area contributed by atoms with Crippen molar-refractivity contribution in [3.63, 3.8) is 0 Å². The van der Waals surface area contributed by atoms with Gasteiger partial charge in [-0.05, 0) is 50.5 Å². The van der Waals surface area contributed by atoms with Gasteiger partial charge in [0.25, 0.3) is 0 Å². The van der Waals surface area contributed by atoms with Gasteiger partial charge in [0.05, 0.1) is 6.04 Å². The van der Waals surface area contributed by atoms with Crippen molar-refractivity contribution in [1.29, 1.82) is 0 Å². The van der Waals surface area contributed by atoms with Crippen LogP contribution in [-0.2, 0) is 16.0 Å². The monoisotopic (exact) mass is 427 g/mol. The zero-order valence-electron chi connectivity index (χ0n) is 19.8. The molecule has 0 aliphatic rings. The van der Waals surface area contributed by atoms with Gasteiger partial charge in [-0.3, -0.25) is 4.79 Å². The number of hydrogen-bond acceptors (Lipinski definition) is 2. The summed E-state index contributed by atoms with van der Waals surface area (Å²) in [5.41, 5.74) is 1.20. The van der Waals surface area contributed by atoms with Gasteiger partial charge in [0.15, 0.2) is 0 Å². The number of nitrogens with one attached hydrogen (secondary N) is 1. The molecular formula is C28H45NO2. The highest BCUT2D eigenvalue weighted by Crippen LogP contribution is 2.10. The molecule has 3 nitrogen and oxygen atoms in total. The average Bonchev–Trinajstić information content (AvgIpc) is 2.79. The number of unbranched alkanes of at least 4 members (excludes halogenated alkanes) is 11. The van der Waals surface area contributed by atoms with E-state index in [2.05, 4.69) is 36.5 Å². The first-order chi connectivity index (χ1) is 15.3. The molecule has 1 rings (SSSR count). The van der Waals surface area contributed by atoms with Crippen molar-refractivity contribution < 1.29 is 9.59 Å². The Morgan fingerprint density at radius 2 is 1.42 bits per heavy atom. The third-order valence-corrected chi connectivity index (χ3v) is 5.76. The molecule has 1 atom stereocenters. The molecule has 0 fully saturated rings. The normalized spacial score (nSPS) is 12.2. The van der Waals surface area contributed by atoms with Crippen LogP contribution in [0.1, 0.15) is 109 Å². The van der Waals surface area contributed by atoms with Crippen molar-refractivity contribution in [1.82, 2.24) is 5.32 Å². The number of aldehydes is 1. The smallest absolute Gasteiger partial charge is 0.220 e. The van der Waals surface area contributed by atoms with E-state index in [1.807, 2.05) is 18.2 Å². The molecule has 174 valence electrons. The van der Waals surface area contributed by atoms with Crippen molar-refractivity contribution in [2.75, 3.05) is 0 Å². The Hall–Kier alpha value is -1.90. The maximum atomic E-state index is 12.1. The molecular weight excluding hydrogens is 382 g/mol. The molecule has 0 spiro atoms. The summed E-state index contributed by atoms with van der Waals surface area (Å²) in [6.45, 7) is 2.26. The molecule has 0 heterocycles. The Labute approximate surface area is 191 Å². The van der Waals surface area contributed by atoms with E-state index in [0.717, 1.165) is 25.5 Å². The quantitative estimate of drug-likeness (QED) is 0.134. The molecule has 3 heteroatoms. The van der Waals surface area contributed by atoms with Gasteiger partial charge >= 0.3 is 0 Å². The van der Waals surface area contributed by atoms with Gasteiger partial charge in [0.1, 0.15) is 6.29 Å². The third-order valence-electron chi connectivity index (χ3n) is 5.76. The molecule has 1 N–H and O–H groups in total. The number of amides is 1. The lowest BCUT2D eigenvalue weighted by Crippen LogP contribution is -2.36. The Balaban J connectivity index is 1.93. The molecule has 1 aromatic carbocycles. The number of carbonyl (C=O) groups is 2. The first kappa shape index (κ1) is 27.1. The van der Waals surface area contributed by atoms with E-state index in [4.69, 9.17) is 0 Å².